The van der Waals surface area contributed by atoms with Crippen LogP contribution in [-0.4, -0.2) is 30.6 Å². The fraction of sp³-hybridized carbons (Fsp3) is 0.333. The van der Waals surface area contributed by atoms with Crippen molar-refractivity contribution in [2.24, 2.45) is 0 Å². The second-order valence-corrected chi connectivity index (χ2v) is 7.17. The summed E-state index contributed by atoms with van der Waals surface area (Å²) in [6.45, 7) is 4.62. The number of hydrogen-bond acceptors (Lipinski definition) is 4. The van der Waals surface area contributed by atoms with Crippen LogP contribution in [0.2, 0.25) is 0 Å². The van der Waals surface area contributed by atoms with E-state index in [0.717, 1.165) is 18.4 Å². The molecular formula is C24H26N2O3. The minimum absolute atomic E-state index is 0.111. The Morgan fingerprint density at radius 1 is 1.21 bits per heavy atom. The summed E-state index contributed by atoms with van der Waals surface area (Å²) < 4.78 is 11.5. The molecule has 0 unspecified atom stereocenters. The van der Waals surface area contributed by atoms with Gasteiger partial charge in [-0.05, 0) is 61.6 Å². The van der Waals surface area contributed by atoms with Crippen LogP contribution < -0.4 is 9.47 Å². The van der Waals surface area contributed by atoms with Crippen LogP contribution in [0.3, 0.4) is 0 Å². The highest BCUT2D eigenvalue weighted by Gasteiger charge is 2.21. The van der Waals surface area contributed by atoms with Crippen LogP contribution in [0.5, 0.6) is 11.5 Å². The standard InChI is InChI=1S/C24H26N2O3/c1-3-14-26(17-19-10-8-18(16-25)9-11-19)24(27)20-12-13-22(23(15-20)28-2)29-21-6-4-5-7-21/h3,8-13,15,21H,1,4-7,14,17H2,2H3. The van der Waals surface area contributed by atoms with Gasteiger partial charge in [0.1, 0.15) is 0 Å². The van der Waals surface area contributed by atoms with Gasteiger partial charge in [-0.3, -0.25) is 4.79 Å². The predicted molar refractivity (Wildman–Crippen MR) is 112 cm³/mol. The molecule has 0 radical (unpaired) electrons. The number of carbonyl (C=O) groups is 1. The first-order valence-corrected chi connectivity index (χ1v) is 9.88. The van der Waals surface area contributed by atoms with Crippen LogP contribution in [0.15, 0.2) is 55.1 Å². The van der Waals surface area contributed by atoms with Crippen LogP contribution in [0.4, 0.5) is 0 Å². The predicted octanol–water partition coefficient (Wildman–Crippen LogP) is 4.72. The maximum absolute atomic E-state index is 13.1. The van der Waals surface area contributed by atoms with E-state index < -0.39 is 0 Å². The summed E-state index contributed by atoms with van der Waals surface area (Å²) >= 11 is 0. The summed E-state index contributed by atoms with van der Waals surface area (Å²) in [6.07, 6.45) is 6.42. The molecular weight excluding hydrogens is 364 g/mol. The van der Waals surface area contributed by atoms with E-state index in [1.54, 1.807) is 42.4 Å². The van der Waals surface area contributed by atoms with Crippen LogP contribution in [-0.2, 0) is 6.54 Å². The molecule has 0 atom stereocenters. The van der Waals surface area contributed by atoms with Crippen molar-refractivity contribution in [1.82, 2.24) is 4.90 Å². The Morgan fingerprint density at radius 2 is 1.93 bits per heavy atom. The number of nitriles is 1. The summed E-state index contributed by atoms with van der Waals surface area (Å²) in [5.41, 5.74) is 2.08. The van der Waals surface area contributed by atoms with E-state index in [9.17, 15) is 4.79 Å². The molecule has 150 valence electrons. The number of nitrogens with zero attached hydrogens (tertiary/aromatic N) is 2. The fourth-order valence-corrected chi connectivity index (χ4v) is 3.55. The van der Waals surface area contributed by atoms with Crippen molar-refractivity contribution < 1.29 is 14.3 Å². The summed E-state index contributed by atoms with van der Waals surface area (Å²) in [7, 11) is 1.59. The number of rotatable bonds is 8. The quantitative estimate of drug-likeness (QED) is 0.612. The largest absolute Gasteiger partial charge is 0.493 e. The van der Waals surface area contributed by atoms with Gasteiger partial charge in [-0.2, -0.15) is 5.26 Å². The molecule has 29 heavy (non-hydrogen) atoms. The Kier molecular flexibility index (Phi) is 6.91. The molecule has 1 aliphatic rings. The average Bonchev–Trinajstić information content (AvgIpc) is 3.27. The molecule has 1 fully saturated rings. The molecule has 1 aliphatic carbocycles. The maximum Gasteiger partial charge on any atom is 0.254 e. The van der Waals surface area contributed by atoms with Crippen LogP contribution in [0, 0.1) is 11.3 Å². The Morgan fingerprint density at radius 3 is 2.55 bits per heavy atom. The lowest BCUT2D eigenvalue weighted by atomic mass is 10.1. The highest BCUT2D eigenvalue weighted by atomic mass is 16.5. The second kappa shape index (κ2) is 9.79. The van der Waals surface area contributed by atoms with Gasteiger partial charge in [-0.25, -0.2) is 0 Å². The zero-order valence-electron chi connectivity index (χ0n) is 16.8. The Hall–Kier alpha value is -3.26. The van der Waals surface area contributed by atoms with Gasteiger partial charge in [-0.15, -0.1) is 6.58 Å². The van der Waals surface area contributed by atoms with E-state index in [1.165, 1.54) is 12.8 Å². The van der Waals surface area contributed by atoms with Gasteiger partial charge in [0.05, 0.1) is 24.8 Å². The first-order valence-electron chi connectivity index (χ1n) is 9.88. The average molecular weight is 390 g/mol. The number of benzene rings is 2. The van der Waals surface area contributed by atoms with Gasteiger partial charge >= 0.3 is 0 Å². The Balaban J connectivity index is 1.77. The molecule has 0 bridgehead atoms. The second-order valence-electron chi connectivity index (χ2n) is 7.17. The van der Waals surface area contributed by atoms with E-state index in [1.807, 2.05) is 18.2 Å². The SMILES string of the molecule is C=CCN(Cc1ccc(C#N)cc1)C(=O)c1ccc(OC2CCCC2)c(OC)c1. The van der Waals surface area contributed by atoms with E-state index in [2.05, 4.69) is 12.6 Å². The van der Waals surface area contributed by atoms with Crippen molar-refractivity contribution in [2.75, 3.05) is 13.7 Å². The summed E-state index contributed by atoms with van der Waals surface area (Å²) in [6, 6.07) is 14.7. The Labute approximate surface area is 172 Å². The fourth-order valence-electron chi connectivity index (χ4n) is 3.55. The van der Waals surface area contributed by atoms with Crippen LogP contribution >= 0.6 is 0 Å². The summed E-state index contributed by atoms with van der Waals surface area (Å²) in [5, 5.41) is 8.94. The third-order valence-corrected chi connectivity index (χ3v) is 5.10. The Bertz CT molecular complexity index is 893. The lowest BCUT2D eigenvalue weighted by molar-refractivity contribution is 0.0762. The van der Waals surface area contributed by atoms with E-state index in [-0.39, 0.29) is 12.0 Å². The van der Waals surface area contributed by atoms with Crippen molar-refractivity contribution in [3.8, 4) is 17.6 Å². The highest BCUT2D eigenvalue weighted by Crippen LogP contribution is 2.32. The lowest BCUT2D eigenvalue weighted by Crippen LogP contribution is -2.30. The maximum atomic E-state index is 13.1. The minimum atomic E-state index is -0.111. The molecule has 3 rings (SSSR count). The number of amides is 1. The summed E-state index contributed by atoms with van der Waals surface area (Å²) in [4.78, 5) is 14.8. The van der Waals surface area contributed by atoms with Crippen LogP contribution in [0.1, 0.15) is 47.2 Å². The molecule has 2 aromatic rings. The first-order chi connectivity index (χ1) is 14.1. The molecule has 5 nitrogen and oxygen atoms in total. The molecule has 0 aromatic heterocycles. The molecule has 0 saturated heterocycles. The van der Waals surface area contributed by atoms with Gasteiger partial charge < -0.3 is 14.4 Å². The van der Waals surface area contributed by atoms with Crippen molar-refractivity contribution >= 4 is 5.91 Å². The smallest absolute Gasteiger partial charge is 0.254 e. The molecule has 1 saturated carbocycles. The van der Waals surface area contributed by atoms with E-state index >= 15 is 0 Å². The van der Waals surface area contributed by atoms with Crippen molar-refractivity contribution in [3.05, 3.63) is 71.8 Å². The number of ether oxygens (including phenoxy) is 2. The zero-order valence-corrected chi connectivity index (χ0v) is 16.8. The van der Waals surface area contributed by atoms with E-state index in [0.29, 0.717) is 35.7 Å². The molecule has 0 N–H and O–H groups in total. The third-order valence-electron chi connectivity index (χ3n) is 5.10. The molecule has 0 spiro atoms. The van der Waals surface area contributed by atoms with Gasteiger partial charge in [0.25, 0.3) is 5.91 Å². The molecule has 5 heteroatoms. The minimum Gasteiger partial charge on any atom is -0.493 e. The number of carbonyl (C=O) groups excluding carboxylic acids is 1. The zero-order chi connectivity index (χ0) is 20.6. The third kappa shape index (κ3) is 5.17. The van der Waals surface area contributed by atoms with Crippen LogP contribution in [0.25, 0.3) is 0 Å². The van der Waals surface area contributed by atoms with Crippen molar-refractivity contribution in [2.45, 2.75) is 38.3 Å². The number of methoxy groups -OCH3 is 1. The van der Waals surface area contributed by atoms with Gasteiger partial charge in [0.15, 0.2) is 11.5 Å². The number of hydrogen-bond donors (Lipinski definition) is 0. The van der Waals surface area contributed by atoms with Crippen molar-refractivity contribution in [1.29, 1.82) is 5.26 Å². The highest BCUT2D eigenvalue weighted by molar-refractivity contribution is 5.95. The van der Waals surface area contributed by atoms with Gasteiger partial charge in [0, 0.05) is 18.7 Å². The van der Waals surface area contributed by atoms with E-state index in [4.69, 9.17) is 14.7 Å². The lowest BCUT2D eigenvalue weighted by Gasteiger charge is -2.22. The molecule has 1 amide bonds. The first kappa shape index (κ1) is 20.5. The molecule has 0 heterocycles. The summed E-state index contributed by atoms with van der Waals surface area (Å²) in [5.74, 6) is 1.14. The normalized spacial score (nSPS) is 13.5. The molecule has 2 aromatic carbocycles. The topological polar surface area (TPSA) is 62.6 Å². The monoisotopic (exact) mass is 390 g/mol. The van der Waals surface area contributed by atoms with Crippen molar-refractivity contribution in [3.63, 3.8) is 0 Å². The molecule has 0 aliphatic heterocycles. The van der Waals surface area contributed by atoms with Gasteiger partial charge in [0.2, 0.25) is 0 Å². The van der Waals surface area contributed by atoms with Gasteiger partial charge in [-0.1, -0.05) is 18.2 Å².